The normalized spacial score (nSPS) is 14.6. The van der Waals surface area contributed by atoms with Crippen molar-refractivity contribution in [3.63, 3.8) is 0 Å². The summed E-state index contributed by atoms with van der Waals surface area (Å²) in [5.41, 5.74) is 1.54. The van der Waals surface area contributed by atoms with Gasteiger partial charge in [0.1, 0.15) is 0 Å². The van der Waals surface area contributed by atoms with Crippen LogP contribution in [0.5, 0.6) is 0 Å². The van der Waals surface area contributed by atoms with Gasteiger partial charge in [-0.3, -0.25) is 9.52 Å². The van der Waals surface area contributed by atoms with E-state index in [9.17, 15) is 18.3 Å². The van der Waals surface area contributed by atoms with E-state index in [-0.39, 0.29) is 10.5 Å². The monoisotopic (exact) mass is 460 g/mol. The molecule has 4 rings (SSSR count). The zero-order chi connectivity index (χ0) is 21.5. The Balaban J connectivity index is 1.61. The Morgan fingerprint density at radius 3 is 2.30 bits per heavy atom. The van der Waals surface area contributed by atoms with Gasteiger partial charge in [0, 0.05) is 16.8 Å². The minimum Gasteiger partial charge on any atom is -0.505 e. The first-order chi connectivity index (χ1) is 14.3. The first-order valence-corrected chi connectivity index (χ1v) is 10.9. The lowest BCUT2D eigenvalue weighted by atomic mass is 10.1. The highest BCUT2D eigenvalue weighted by molar-refractivity contribution is 7.89. The summed E-state index contributed by atoms with van der Waals surface area (Å²) in [6.07, 6.45) is 0. The predicted molar refractivity (Wildman–Crippen MR) is 117 cm³/mol. The molecule has 0 fully saturated rings. The Bertz CT molecular complexity index is 1300. The number of halogens is 2. The van der Waals surface area contributed by atoms with E-state index in [1.54, 1.807) is 42.5 Å². The molecule has 3 N–H and O–H groups in total. The van der Waals surface area contributed by atoms with Crippen molar-refractivity contribution < 1.29 is 18.3 Å². The van der Waals surface area contributed by atoms with Crippen LogP contribution in [0.3, 0.4) is 0 Å². The van der Waals surface area contributed by atoms with E-state index in [0.717, 1.165) is 11.1 Å². The van der Waals surface area contributed by atoms with E-state index in [0.29, 0.717) is 15.7 Å². The van der Waals surface area contributed by atoms with Gasteiger partial charge in [0.25, 0.3) is 15.9 Å². The number of aliphatic hydroxyl groups excluding tert-OH is 1. The summed E-state index contributed by atoms with van der Waals surface area (Å²) in [7, 11) is -3.97. The van der Waals surface area contributed by atoms with Crippen LogP contribution in [-0.2, 0) is 14.8 Å². The van der Waals surface area contributed by atoms with Crippen LogP contribution >= 0.6 is 23.2 Å². The molecule has 0 radical (unpaired) electrons. The summed E-state index contributed by atoms with van der Waals surface area (Å²) in [6, 6.07) is 17.9. The van der Waals surface area contributed by atoms with Crippen molar-refractivity contribution in [2.24, 2.45) is 0 Å². The number of benzene rings is 3. The van der Waals surface area contributed by atoms with Gasteiger partial charge in [0.05, 0.1) is 14.9 Å². The van der Waals surface area contributed by atoms with Crippen molar-refractivity contribution in [2.75, 3.05) is 5.32 Å². The van der Waals surface area contributed by atoms with Gasteiger partial charge in [-0.15, -0.1) is 0 Å². The maximum absolute atomic E-state index is 12.6. The van der Waals surface area contributed by atoms with Crippen LogP contribution < -0.4 is 10.0 Å². The maximum Gasteiger partial charge on any atom is 0.276 e. The fourth-order valence-electron chi connectivity index (χ4n) is 3.08. The number of anilines is 1. The molecule has 0 saturated carbocycles. The highest BCUT2D eigenvalue weighted by atomic mass is 35.5. The third-order valence-electron chi connectivity index (χ3n) is 4.54. The summed E-state index contributed by atoms with van der Waals surface area (Å²) in [6.45, 7) is 0. The molecule has 0 saturated heterocycles. The predicted octanol–water partition coefficient (Wildman–Crippen LogP) is 4.82. The van der Waals surface area contributed by atoms with E-state index >= 15 is 0 Å². The molecule has 1 aliphatic heterocycles. The maximum atomic E-state index is 12.6. The SMILES string of the molecule is O=C(Nc1ccc(-c2cccc(Cl)c2Cl)cc1)C1=C(O)c2ccccc2S(=O)(=O)N1. The highest BCUT2D eigenvalue weighted by Crippen LogP contribution is 2.34. The molecule has 3 aromatic rings. The van der Waals surface area contributed by atoms with Crippen LogP contribution in [0.25, 0.3) is 16.9 Å². The second-order valence-electron chi connectivity index (χ2n) is 6.46. The van der Waals surface area contributed by atoms with Crippen LogP contribution in [0, 0.1) is 0 Å². The van der Waals surface area contributed by atoms with E-state index in [4.69, 9.17) is 23.2 Å². The Labute approximate surface area is 182 Å². The number of amides is 1. The third kappa shape index (κ3) is 3.63. The molecule has 0 aliphatic carbocycles. The number of aliphatic hydroxyl groups is 1. The van der Waals surface area contributed by atoms with E-state index in [2.05, 4.69) is 10.0 Å². The molecule has 3 aromatic carbocycles. The molecule has 0 bridgehead atoms. The van der Waals surface area contributed by atoms with Gasteiger partial charge in [-0.05, 0) is 35.9 Å². The lowest BCUT2D eigenvalue weighted by Crippen LogP contribution is -2.35. The molecular weight excluding hydrogens is 447 g/mol. The Morgan fingerprint density at radius 2 is 1.57 bits per heavy atom. The van der Waals surface area contributed by atoms with Crippen LogP contribution in [0.2, 0.25) is 10.0 Å². The molecule has 1 aliphatic rings. The number of hydrogen-bond acceptors (Lipinski definition) is 4. The molecular formula is C21H14Cl2N2O4S. The molecule has 30 heavy (non-hydrogen) atoms. The number of rotatable bonds is 3. The van der Waals surface area contributed by atoms with Gasteiger partial charge in [-0.1, -0.05) is 59.6 Å². The second-order valence-corrected chi connectivity index (χ2v) is 8.89. The number of sulfonamides is 1. The van der Waals surface area contributed by atoms with E-state index in [1.165, 1.54) is 18.2 Å². The summed E-state index contributed by atoms with van der Waals surface area (Å²) in [5.74, 6) is -1.24. The average Bonchev–Trinajstić information content (AvgIpc) is 2.73. The molecule has 0 atom stereocenters. The number of carbonyl (C=O) groups is 1. The number of hydrogen-bond donors (Lipinski definition) is 3. The minimum absolute atomic E-state index is 0.0624. The molecule has 0 aromatic heterocycles. The Morgan fingerprint density at radius 1 is 0.900 bits per heavy atom. The summed E-state index contributed by atoms with van der Waals surface area (Å²) >= 11 is 12.3. The average molecular weight is 461 g/mol. The first kappa shape index (κ1) is 20.3. The lowest BCUT2D eigenvalue weighted by molar-refractivity contribution is -0.113. The summed E-state index contributed by atoms with van der Waals surface area (Å²) < 4.78 is 26.9. The van der Waals surface area contributed by atoms with Crippen LogP contribution in [0.1, 0.15) is 5.56 Å². The minimum atomic E-state index is -3.97. The summed E-state index contributed by atoms with van der Waals surface area (Å²) in [4.78, 5) is 12.5. The van der Waals surface area contributed by atoms with Gasteiger partial charge in [0.2, 0.25) is 0 Å². The van der Waals surface area contributed by atoms with Crippen LogP contribution in [-0.4, -0.2) is 19.4 Å². The Kier molecular flexibility index (Phi) is 5.19. The van der Waals surface area contributed by atoms with Gasteiger partial charge in [-0.2, -0.15) is 0 Å². The topological polar surface area (TPSA) is 95.5 Å². The Hall–Kier alpha value is -3.00. The highest BCUT2D eigenvalue weighted by Gasteiger charge is 2.32. The summed E-state index contributed by atoms with van der Waals surface area (Å²) in [5, 5.41) is 13.8. The van der Waals surface area contributed by atoms with Crippen LogP contribution in [0.4, 0.5) is 5.69 Å². The van der Waals surface area contributed by atoms with E-state index in [1.807, 2.05) is 6.07 Å². The van der Waals surface area contributed by atoms with Gasteiger partial charge in [-0.25, -0.2) is 8.42 Å². The lowest BCUT2D eigenvalue weighted by Gasteiger charge is -2.21. The van der Waals surface area contributed by atoms with Crippen molar-refractivity contribution >= 4 is 50.6 Å². The molecule has 6 nitrogen and oxygen atoms in total. The largest absolute Gasteiger partial charge is 0.505 e. The van der Waals surface area contributed by atoms with Crippen molar-refractivity contribution in [3.05, 3.63) is 88.0 Å². The quantitative estimate of drug-likeness (QED) is 0.521. The molecule has 1 heterocycles. The van der Waals surface area contributed by atoms with Gasteiger partial charge < -0.3 is 10.4 Å². The van der Waals surface area contributed by atoms with Gasteiger partial charge >= 0.3 is 0 Å². The van der Waals surface area contributed by atoms with Gasteiger partial charge in [0.15, 0.2) is 11.5 Å². The molecule has 152 valence electrons. The number of nitrogens with one attached hydrogen (secondary N) is 2. The first-order valence-electron chi connectivity index (χ1n) is 8.69. The van der Waals surface area contributed by atoms with Crippen molar-refractivity contribution in [1.82, 2.24) is 4.72 Å². The second kappa shape index (κ2) is 7.68. The van der Waals surface area contributed by atoms with Crippen molar-refractivity contribution in [2.45, 2.75) is 4.90 Å². The third-order valence-corrected chi connectivity index (χ3v) is 6.76. The fourth-order valence-corrected chi connectivity index (χ4v) is 4.77. The smallest absolute Gasteiger partial charge is 0.276 e. The van der Waals surface area contributed by atoms with Crippen LogP contribution in [0.15, 0.2) is 77.3 Å². The van der Waals surface area contributed by atoms with E-state index < -0.39 is 27.4 Å². The molecule has 9 heteroatoms. The standard InChI is InChI=1S/C21H14Cl2N2O4S/c22-16-6-3-5-14(18(16)23)12-8-10-13(11-9-12)24-21(27)19-20(26)15-4-1-2-7-17(15)30(28,29)25-19/h1-11,25-26H,(H,24,27). The molecule has 0 spiro atoms. The van der Waals surface area contributed by atoms with Crippen molar-refractivity contribution in [3.8, 4) is 11.1 Å². The molecule has 1 amide bonds. The molecule has 0 unspecified atom stereocenters. The van der Waals surface area contributed by atoms with Crippen molar-refractivity contribution in [1.29, 1.82) is 0 Å². The zero-order valence-corrected chi connectivity index (χ0v) is 17.5. The number of carbonyl (C=O) groups excluding carboxylic acids is 1. The fraction of sp³-hybridized carbons (Fsp3) is 0. The number of fused-ring (bicyclic) bond motifs is 1. The zero-order valence-electron chi connectivity index (χ0n) is 15.2.